The number of hydrazone groups is 1. The summed E-state index contributed by atoms with van der Waals surface area (Å²) in [5.74, 6) is 0.902. The van der Waals surface area contributed by atoms with Crippen LogP contribution < -0.4 is 10.2 Å². The summed E-state index contributed by atoms with van der Waals surface area (Å²) in [5.41, 5.74) is 6.83. The number of aryl methyl sites for hydroxylation is 1. The van der Waals surface area contributed by atoms with Gasteiger partial charge in [-0.2, -0.15) is 5.10 Å². The molecular weight excluding hydrogens is 394 g/mol. The Morgan fingerprint density at radius 2 is 1.77 bits per heavy atom. The average Bonchev–Trinajstić information content (AvgIpc) is 2.74. The lowest BCUT2D eigenvalue weighted by atomic mass is 10.1. The highest BCUT2D eigenvalue weighted by atomic mass is 35.5. The van der Waals surface area contributed by atoms with Crippen molar-refractivity contribution in [2.45, 2.75) is 52.4 Å². The molecule has 2 aromatic carbocycles. The van der Waals surface area contributed by atoms with E-state index in [9.17, 15) is 0 Å². The van der Waals surface area contributed by atoms with Gasteiger partial charge < -0.3 is 4.74 Å². The molecule has 5 heteroatoms. The Bertz CT molecular complexity index is 970. The Labute approximate surface area is 184 Å². The number of hydrogen-bond donors (Lipinski definition) is 1. The van der Waals surface area contributed by atoms with Crippen LogP contribution in [0.4, 0.5) is 5.69 Å². The molecule has 3 aromatic rings. The number of benzene rings is 2. The van der Waals surface area contributed by atoms with Crippen LogP contribution in [0.25, 0.3) is 10.9 Å². The van der Waals surface area contributed by atoms with Crippen molar-refractivity contribution in [3.63, 3.8) is 0 Å². The summed E-state index contributed by atoms with van der Waals surface area (Å²) in [5, 5.41) is 6.01. The molecule has 0 saturated heterocycles. The molecule has 0 bridgehead atoms. The van der Waals surface area contributed by atoms with Crippen LogP contribution in [-0.4, -0.2) is 17.8 Å². The van der Waals surface area contributed by atoms with E-state index in [1.165, 1.54) is 32.1 Å². The van der Waals surface area contributed by atoms with Gasteiger partial charge in [0.2, 0.25) is 0 Å². The second-order valence-corrected chi connectivity index (χ2v) is 7.96. The Balaban J connectivity index is 1.51. The van der Waals surface area contributed by atoms with Gasteiger partial charge in [0, 0.05) is 16.1 Å². The van der Waals surface area contributed by atoms with E-state index in [2.05, 4.69) is 22.4 Å². The largest absolute Gasteiger partial charge is 0.494 e. The molecule has 0 aliphatic rings. The van der Waals surface area contributed by atoms with Gasteiger partial charge in [0.15, 0.2) is 0 Å². The fourth-order valence-electron chi connectivity index (χ4n) is 3.32. The highest BCUT2D eigenvalue weighted by Crippen LogP contribution is 2.26. The van der Waals surface area contributed by atoms with Gasteiger partial charge in [0.1, 0.15) is 5.75 Å². The van der Waals surface area contributed by atoms with Gasteiger partial charge in [0.25, 0.3) is 0 Å². The number of nitrogens with zero attached hydrogens (tertiary/aromatic N) is 2. The minimum atomic E-state index is 0.678. The third-order valence-electron chi connectivity index (χ3n) is 4.94. The summed E-state index contributed by atoms with van der Waals surface area (Å²) in [4.78, 5) is 4.54. The molecule has 0 fully saturated rings. The Morgan fingerprint density at radius 3 is 2.57 bits per heavy atom. The van der Waals surface area contributed by atoms with Gasteiger partial charge in [-0.25, -0.2) is 0 Å². The van der Waals surface area contributed by atoms with Crippen molar-refractivity contribution in [2.24, 2.45) is 5.10 Å². The molecule has 1 N–H and O–H groups in total. The summed E-state index contributed by atoms with van der Waals surface area (Å²) < 4.78 is 5.83. The van der Waals surface area contributed by atoms with Crippen LogP contribution in [0.1, 0.15) is 56.7 Å². The summed E-state index contributed by atoms with van der Waals surface area (Å²) in [6, 6.07) is 15.6. The maximum absolute atomic E-state index is 6.14. The Morgan fingerprint density at radius 1 is 1.00 bits per heavy atom. The second kappa shape index (κ2) is 11.6. The number of ether oxygens (including phenoxy) is 1. The van der Waals surface area contributed by atoms with E-state index in [-0.39, 0.29) is 0 Å². The SMILES string of the molecule is CCCCCCCCOc1ccc(/C=N/Nc2cc(C)nc3ccc(Cl)cc23)cc1. The lowest BCUT2D eigenvalue weighted by molar-refractivity contribution is 0.304. The number of pyridine rings is 1. The number of anilines is 1. The molecule has 1 heterocycles. The van der Waals surface area contributed by atoms with E-state index in [1.54, 1.807) is 6.21 Å². The summed E-state index contributed by atoms with van der Waals surface area (Å²) in [6.45, 7) is 4.98. The van der Waals surface area contributed by atoms with Crippen molar-refractivity contribution < 1.29 is 4.74 Å². The standard InChI is InChI=1S/C25H30ClN3O/c1-3-4-5-6-7-8-15-30-22-12-9-20(10-13-22)18-27-29-25-16-19(2)28-24-14-11-21(26)17-23(24)25/h9-14,16-18H,3-8,15H2,1-2H3,(H,28,29)/b27-18+. The molecule has 4 nitrogen and oxygen atoms in total. The molecule has 0 radical (unpaired) electrons. The van der Waals surface area contributed by atoms with Gasteiger partial charge in [-0.05, 0) is 67.4 Å². The van der Waals surface area contributed by atoms with E-state index < -0.39 is 0 Å². The third kappa shape index (κ3) is 6.74. The minimum Gasteiger partial charge on any atom is -0.494 e. The van der Waals surface area contributed by atoms with Crippen LogP contribution in [0, 0.1) is 6.92 Å². The maximum Gasteiger partial charge on any atom is 0.119 e. The Hall–Kier alpha value is -2.59. The predicted molar refractivity (Wildman–Crippen MR) is 128 cm³/mol. The molecule has 1 aromatic heterocycles. The number of aromatic nitrogens is 1. The highest BCUT2D eigenvalue weighted by Gasteiger charge is 2.04. The van der Waals surface area contributed by atoms with Crippen LogP contribution in [0.3, 0.4) is 0 Å². The van der Waals surface area contributed by atoms with Crippen LogP contribution in [0.5, 0.6) is 5.75 Å². The Kier molecular flexibility index (Phi) is 8.52. The molecular formula is C25H30ClN3O. The molecule has 0 amide bonds. The monoisotopic (exact) mass is 423 g/mol. The van der Waals surface area contributed by atoms with Gasteiger partial charge in [-0.1, -0.05) is 50.6 Å². The number of halogens is 1. The highest BCUT2D eigenvalue weighted by molar-refractivity contribution is 6.31. The fourth-order valence-corrected chi connectivity index (χ4v) is 3.49. The van der Waals surface area contributed by atoms with Gasteiger partial charge in [-0.3, -0.25) is 10.4 Å². The second-order valence-electron chi connectivity index (χ2n) is 7.53. The van der Waals surface area contributed by atoms with E-state index in [0.717, 1.165) is 46.6 Å². The smallest absolute Gasteiger partial charge is 0.119 e. The lowest BCUT2D eigenvalue weighted by Gasteiger charge is -2.08. The molecule has 0 spiro atoms. The molecule has 3 rings (SSSR count). The van der Waals surface area contributed by atoms with Crippen molar-refractivity contribution in [3.8, 4) is 5.75 Å². The van der Waals surface area contributed by atoms with Crippen LogP contribution in [-0.2, 0) is 0 Å². The normalized spacial score (nSPS) is 11.3. The van der Waals surface area contributed by atoms with E-state index in [0.29, 0.717) is 5.02 Å². The molecule has 30 heavy (non-hydrogen) atoms. The third-order valence-corrected chi connectivity index (χ3v) is 5.18. The van der Waals surface area contributed by atoms with E-state index >= 15 is 0 Å². The first-order valence-corrected chi connectivity index (χ1v) is 11.1. The molecule has 0 unspecified atom stereocenters. The molecule has 0 aliphatic heterocycles. The summed E-state index contributed by atoms with van der Waals surface area (Å²) in [7, 11) is 0. The summed E-state index contributed by atoms with van der Waals surface area (Å²) in [6.07, 6.45) is 9.41. The molecule has 158 valence electrons. The maximum atomic E-state index is 6.14. The number of rotatable bonds is 11. The molecule has 0 saturated carbocycles. The number of fused-ring (bicyclic) bond motifs is 1. The van der Waals surface area contributed by atoms with Crippen molar-refractivity contribution in [3.05, 3.63) is 64.8 Å². The lowest BCUT2D eigenvalue weighted by Crippen LogP contribution is -1.98. The average molecular weight is 424 g/mol. The van der Waals surface area contributed by atoms with Gasteiger partial charge in [0.05, 0.1) is 24.0 Å². The zero-order valence-electron chi connectivity index (χ0n) is 17.8. The van der Waals surface area contributed by atoms with Gasteiger partial charge >= 0.3 is 0 Å². The predicted octanol–water partition coefficient (Wildman–Crippen LogP) is 7.38. The zero-order valence-corrected chi connectivity index (χ0v) is 18.6. The van der Waals surface area contributed by atoms with Gasteiger partial charge in [-0.15, -0.1) is 0 Å². The van der Waals surface area contributed by atoms with Crippen molar-refractivity contribution >= 4 is 34.4 Å². The fraction of sp³-hybridized carbons (Fsp3) is 0.360. The summed E-state index contributed by atoms with van der Waals surface area (Å²) >= 11 is 6.14. The van der Waals surface area contributed by atoms with Crippen molar-refractivity contribution in [2.75, 3.05) is 12.0 Å². The quantitative estimate of drug-likeness (QED) is 0.199. The zero-order chi connectivity index (χ0) is 21.2. The first-order valence-electron chi connectivity index (χ1n) is 10.7. The van der Waals surface area contributed by atoms with E-state index in [4.69, 9.17) is 16.3 Å². The molecule has 0 atom stereocenters. The van der Waals surface area contributed by atoms with Crippen molar-refractivity contribution in [1.82, 2.24) is 4.98 Å². The van der Waals surface area contributed by atoms with Crippen LogP contribution in [0.2, 0.25) is 5.02 Å². The first kappa shape index (κ1) is 22.1. The minimum absolute atomic E-state index is 0.678. The van der Waals surface area contributed by atoms with Crippen molar-refractivity contribution in [1.29, 1.82) is 0 Å². The number of nitrogens with one attached hydrogen (secondary N) is 1. The number of unbranched alkanes of at least 4 members (excludes halogenated alkanes) is 5. The van der Waals surface area contributed by atoms with Crippen LogP contribution in [0.15, 0.2) is 53.6 Å². The van der Waals surface area contributed by atoms with E-state index in [1.807, 2.05) is 55.5 Å². The number of hydrogen-bond acceptors (Lipinski definition) is 4. The topological polar surface area (TPSA) is 46.5 Å². The molecule has 0 aliphatic carbocycles. The first-order chi connectivity index (χ1) is 14.7. The van der Waals surface area contributed by atoms with Crippen LogP contribution >= 0.6 is 11.6 Å².